The van der Waals surface area contributed by atoms with Gasteiger partial charge in [-0.3, -0.25) is 9.59 Å². The maximum absolute atomic E-state index is 13.8. The summed E-state index contributed by atoms with van der Waals surface area (Å²) in [7, 11) is 4.67. The summed E-state index contributed by atoms with van der Waals surface area (Å²) in [5.74, 6) is 0.810. The SMILES string of the molecule is C=CC[C@@]1(C(=O)OCC)C(=O)N(Cc2ccc(OC)cc2OC)c2ccc(OC)cc21. The zero-order valence-electron chi connectivity index (χ0n) is 18.3. The van der Waals surface area contributed by atoms with Gasteiger partial charge in [0, 0.05) is 22.9 Å². The van der Waals surface area contributed by atoms with Crippen LogP contribution in [0.1, 0.15) is 24.5 Å². The molecule has 0 saturated heterocycles. The zero-order valence-corrected chi connectivity index (χ0v) is 18.3. The van der Waals surface area contributed by atoms with Crippen LogP contribution in [-0.4, -0.2) is 39.8 Å². The topological polar surface area (TPSA) is 74.3 Å². The Morgan fingerprint density at radius 2 is 1.74 bits per heavy atom. The van der Waals surface area contributed by atoms with Crippen molar-refractivity contribution in [3.05, 3.63) is 60.2 Å². The Morgan fingerprint density at radius 3 is 2.35 bits per heavy atom. The Morgan fingerprint density at radius 1 is 1.06 bits per heavy atom. The van der Waals surface area contributed by atoms with Crippen LogP contribution in [0, 0.1) is 0 Å². The van der Waals surface area contributed by atoms with Crippen molar-refractivity contribution >= 4 is 17.6 Å². The first kappa shape index (κ1) is 22.2. The van der Waals surface area contributed by atoms with Crippen LogP contribution in [-0.2, 0) is 26.3 Å². The molecular weight excluding hydrogens is 398 g/mol. The molecule has 0 aliphatic carbocycles. The number of allylic oxidation sites excluding steroid dienone is 1. The lowest BCUT2D eigenvalue weighted by molar-refractivity contribution is -0.153. The molecule has 0 radical (unpaired) electrons. The van der Waals surface area contributed by atoms with Crippen LogP contribution in [0.15, 0.2) is 49.1 Å². The summed E-state index contributed by atoms with van der Waals surface area (Å²) in [4.78, 5) is 28.5. The fraction of sp³-hybridized carbons (Fsp3) is 0.333. The van der Waals surface area contributed by atoms with Crippen LogP contribution in [0.25, 0.3) is 0 Å². The van der Waals surface area contributed by atoms with Gasteiger partial charge in [-0.25, -0.2) is 0 Å². The van der Waals surface area contributed by atoms with Crippen molar-refractivity contribution in [1.29, 1.82) is 0 Å². The van der Waals surface area contributed by atoms with Gasteiger partial charge in [-0.2, -0.15) is 0 Å². The van der Waals surface area contributed by atoms with E-state index in [2.05, 4.69) is 6.58 Å². The third-order valence-corrected chi connectivity index (χ3v) is 5.46. The first-order valence-electron chi connectivity index (χ1n) is 9.96. The average Bonchev–Trinajstić information content (AvgIpc) is 3.02. The number of anilines is 1. The summed E-state index contributed by atoms with van der Waals surface area (Å²) in [6.45, 7) is 5.86. The van der Waals surface area contributed by atoms with Crippen molar-refractivity contribution in [2.24, 2.45) is 0 Å². The molecule has 0 bridgehead atoms. The number of amides is 1. The number of fused-ring (bicyclic) bond motifs is 1. The lowest BCUT2D eigenvalue weighted by atomic mass is 9.78. The van der Waals surface area contributed by atoms with Crippen LogP contribution in [0.3, 0.4) is 0 Å². The van der Waals surface area contributed by atoms with E-state index in [0.717, 1.165) is 5.56 Å². The lowest BCUT2D eigenvalue weighted by Crippen LogP contribution is -2.46. The number of hydrogen-bond acceptors (Lipinski definition) is 6. The van der Waals surface area contributed by atoms with E-state index in [9.17, 15) is 9.59 Å². The van der Waals surface area contributed by atoms with Crippen LogP contribution in [0.4, 0.5) is 5.69 Å². The number of benzene rings is 2. The summed E-state index contributed by atoms with van der Waals surface area (Å²) in [5.41, 5.74) is 0.430. The molecule has 1 amide bonds. The number of esters is 1. The summed E-state index contributed by atoms with van der Waals surface area (Å²) in [6.07, 6.45) is 1.68. The quantitative estimate of drug-likeness (QED) is 0.347. The number of hydrogen-bond donors (Lipinski definition) is 0. The van der Waals surface area contributed by atoms with Crippen molar-refractivity contribution in [2.45, 2.75) is 25.3 Å². The van der Waals surface area contributed by atoms with E-state index < -0.39 is 11.4 Å². The largest absolute Gasteiger partial charge is 0.497 e. The summed E-state index contributed by atoms with van der Waals surface area (Å²) < 4.78 is 21.5. The molecule has 7 nitrogen and oxygen atoms in total. The van der Waals surface area contributed by atoms with Crippen LogP contribution >= 0.6 is 0 Å². The first-order valence-corrected chi connectivity index (χ1v) is 9.96. The average molecular weight is 425 g/mol. The van der Waals surface area contributed by atoms with Crippen molar-refractivity contribution in [2.75, 3.05) is 32.8 Å². The van der Waals surface area contributed by atoms with E-state index in [0.29, 0.717) is 28.5 Å². The second-order valence-corrected chi connectivity index (χ2v) is 7.07. The highest BCUT2D eigenvalue weighted by atomic mass is 16.5. The van der Waals surface area contributed by atoms with E-state index in [1.54, 1.807) is 62.5 Å². The Bertz CT molecular complexity index is 1000. The summed E-state index contributed by atoms with van der Waals surface area (Å²) in [6, 6.07) is 10.7. The minimum absolute atomic E-state index is 0.112. The van der Waals surface area contributed by atoms with Gasteiger partial charge in [0.1, 0.15) is 17.2 Å². The van der Waals surface area contributed by atoms with Gasteiger partial charge in [0.05, 0.1) is 34.5 Å². The third-order valence-electron chi connectivity index (χ3n) is 5.46. The molecule has 164 valence electrons. The second kappa shape index (κ2) is 9.12. The molecule has 31 heavy (non-hydrogen) atoms. The molecule has 3 rings (SSSR count). The Kier molecular flexibility index (Phi) is 6.53. The number of ether oxygens (including phenoxy) is 4. The van der Waals surface area contributed by atoms with Gasteiger partial charge in [-0.1, -0.05) is 6.08 Å². The van der Waals surface area contributed by atoms with Crippen molar-refractivity contribution in [3.63, 3.8) is 0 Å². The van der Waals surface area contributed by atoms with Crippen molar-refractivity contribution in [1.82, 2.24) is 0 Å². The molecule has 0 aromatic heterocycles. The molecule has 0 unspecified atom stereocenters. The molecular formula is C24H27NO6. The molecule has 0 fully saturated rings. The van der Waals surface area contributed by atoms with Gasteiger partial charge < -0.3 is 23.8 Å². The normalized spacial score (nSPS) is 17.2. The molecule has 1 aliphatic rings. The number of rotatable bonds is 9. The van der Waals surface area contributed by atoms with Crippen molar-refractivity contribution < 1.29 is 28.5 Å². The number of carbonyl (C=O) groups is 2. The Labute approximate surface area is 182 Å². The number of carbonyl (C=O) groups excluding carboxylic acids is 2. The van der Waals surface area contributed by atoms with Gasteiger partial charge in [0.15, 0.2) is 5.41 Å². The smallest absolute Gasteiger partial charge is 0.326 e. The molecule has 7 heteroatoms. The molecule has 1 aliphatic heterocycles. The molecule has 1 heterocycles. The number of nitrogens with zero attached hydrogens (tertiary/aromatic N) is 1. The third kappa shape index (κ3) is 3.71. The van der Waals surface area contributed by atoms with Gasteiger partial charge >= 0.3 is 5.97 Å². The molecule has 2 aromatic rings. The van der Waals surface area contributed by atoms with Crippen LogP contribution in [0.5, 0.6) is 17.2 Å². The fourth-order valence-electron chi connectivity index (χ4n) is 3.93. The summed E-state index contributed by atoms with van der Waals surface area (Å²) in [5, 5.41) is 0. The maximum Gasteiger partial charge on any atom is 0.326 e. The van der Waals surface area contributed by atoms with E-state index in [4.69, 9.17) is 18.9 Å². The maximum atomic E-state index is 13.8. The Balaban J connectivity index is 2.15. The Hall–Kier alpha value is -3.48. The monoisotopic (exact) mass is 425 g/mol. The molecule has 0 spiro atoms. The number of methoxy groups -OCH3 is 3. The van der Waals surface area contributed by atoms with Crippen LogP contribution < -0.4 is 19.1 Å². The highest BCUT2D eigenvalue weighted by Gasteiger charge is 2.57. The highest BCUT2D eigenvalue weighted by Crippen LogP contribution is 2.47. The summed E-state index contributed by atoms with van der Waals surface area (Å²) >= 11 is 0. The van der Waals surface area contributed by atoms with E-state index in [-0.39, 0.29) is 25.5 Å². The van der Waals surface area contributed by atoms with Gasteiger partial charge in [0.2, 0.25) is 5.91 Å². The van der Waals surface area contributed by atoms with E-state index in [1.165, 1.54) is 7.11 Å². The fourth-order valence-corrected chi connectivity index (χ4v) is 3.93. The second-order valence-electron chi connectivity index (χ2n) is 7.07. The van der Waals surface area contributed by atoms with Gasteiger partial charge in [-0.05, 0) is 43.7 Å². The van der Waals surface area contributed by atoms with E-state index >= 15 is 0 Å². The lowest BCUT2D eigenvalue weighted by Gasteiger charge is -2.26. The standard InChI is InChI=1S/C24H27NO6/c1-6-12-24(23(27)31-7-2)19-13-17(28-3)10-11-20(19)25(22(24)26)15-16-8-9-18(29-4)14-21(16)30-5/h6,8-11,13-14H,1,7,12,15H2,2-5H3/t24-/m0/s1. The predicted molar refractivity (Wildman–Crippen MR) is 117 cm³/mol. The van der Waals surface area contributed by atoms with Crippen molar-refractivity contribution in [3.8, 4) is 17.2 Å². The predicted octanol–water partition coefficient (Wildman–Crippen LogP) is 3.64. The zero-order chi connectivity index (χ0) is 22.6. The molecule has 1 atom stereocenters. The molecule has 2 aromatic carbocycles. The first-order chi connectivity index (χ1) is 15.0. The van der Waals surface area contributed by atoms with Gasteiger partial charge in [0.25, 0.3) is 0 Å². The molecule has 0 saturated carbocycles. The van der Waals surface area contributed by atoms with Gasteiger partial charge in [-0.15, -0.1) is 6.58 Å². The highest BCUT2D eigenvalue weighted by molar-refractivity contribution is 6.20. The minimum Gasteiger partial charge on any atom is -0.497 e. The van der Waals surface area contributed by atoms with E-state index in [1.807, 2.05) is 6.07 Å². The van der Waals surface area contributed by atoms with Crippen LogP contribution in [0.2, 0.25) is 0 Å². The molecule has 0 N–H and O–H groups in total. The minimum atomic E-state index is -1.51.